The van der Waals surface area contributed by atoms with Gasteiger partial charge >= 0.3 is 0 Å². The summed E-state index contributed by atoms with van der Waals surface area (Å²) >= 11 is 1.77. The topological polar surface area (TPSA) is 38.0 Å². The smallest absolute Gasteiger partial charge is 0.0248 e. The number of fused-ring (bicyclic) bond motifs is 1. The first-order chi connectivity index (χ1) is 9.36. The van der Waals surface area contributed by atoms with E-state index in [1.165, 1.54) is 16.7 Å². The lowest BCUT2D eigenvalue weighted by molar-refractivity contribution is 0.350. The van der Waals surface area contributed by atoms with E-state index in [9.17, 15) is 0 Å². The van der Waals surface area contributed by atoms with E-state index < -0.39 is 0 Å². The average molecular weight is 272 g/mol. The Morgan fingerprint density at radius 2 is 1.95 bits per heavy atom. The highest BCUT2D eigenvalue weighted by Gasteiger charge is 2.27. The Morgan fingerprint density at radius 3 is 2.53 bits per heavy atom. The van der Waals surface area contributed by atoms with Crippen molar-refractivity contribution in [1.29, 1.82) is 0 Å². The number of hydrogen-bond donors (Lipinski definition) is 2. The van der Waals surface area contributed by atoms with E-state index in [-0.39, 0.29) is 0 Å². The van der Waals surface area contributed by atoms with Gasteiger partial charge in [0.2, 0.25) is 0 Å². The van der Waals surface area contributed by atoms with E-state index in [4.69, 9.17) is 5.84 Å². The van der Waals surface area contributed by atoms with Crippen LogP contribution in [-0.4, -0.2) is 6.04 Å². The van der Waals surface area contributed by atoms with Gasteiger partial charge in [-0.1, -0.05) is 24.3 Å². The Hall–Kier alpha value is -1.16. The quantitative estimate of drug-likeness (QED) is 0.649. The standard InChI is InChI=1S/C16H20N2S/c17-18-16(6-5-12-7-8-19-11-12)15-9-13-3-1-2-4-14(13)10-15/h1-4,7-8,11,15-16,18H,5-6,9-10,17H2. The summed E-state index contributed by atoms with van der Waals surface area (Å²) in [5.41, 5.74) is 7.48. The van der Waals surface area contributed by atoms with E-state index in [2.05, 4.69) is 46.5 Å². The fourth-order valence-corrected chi connectivity index (χ4v) is 3.79. The molecule has 1 unspecified atom stereocenters. The maximum Gasteiger partial charge on any atom is 0.0248 e. The van der Waals surface area contributed by atoms with Gasteiger partial charge in [0.05, 0.1) is 0 Å². The molecule has 1 aliphatic carbocycles. The van der Waals surface area contributed by atoms with E-state index in [1.54, 1.807) is 11.3 Å². The van der Waals surface area contributed by atoms with Gasteiger partial charge < -0.3 is 0 Å². The van der Waals surface area contributed by atoms with Crippen LogP contribution >= 0.6 is 11.3 Å². The number of hydrogen-bond acceptors (Lipinski definition) is 3. The third-order valence-electron chi connectivity index (χ3n) is 4.19. The van der Waals surface area contributed by atoms with Gasteiger partial charge in [-0.05, 0) is 65.1 Å². The number of nitrogens with one attached hydrogen (secondary N) is 1. The molecule has 3 N–H and O–H groups in total. The van der Waals surface area contributed by atoms with Crippen molar-refractivity contribution >= 4 is 11.3 Å². The summed E-state index contributed by atoms with van der Waals surface area (Å²) in [5.74, 6) is 6.42. The highest BCUT2D eigenvalue weighted by atomic mass is 32.1. The van der Waals surface area contributed by atoms with Crippen LogP contribution in [0.15, 0.2) is 41.1 Å². The fraction of sp³-hybridized carbons (Fsp3) is 0.375. The molecule has 1 atom stereocenters. The second-order valence-electron chi connectivity index (χ2n) is 5.38. The van der Waals surface area contributed by atoms with Crippen LogP contribution < -0.4 is 11.3 Å². The molecule has 1 aliphatic rings. The van der Waals surface area contributed by atoms with Crippen molar-refractivity contribution in [3.8, 4) is 0 Å². The van der Waals surface area contributed by atoms with Crippen LogP contribution in [0, 0.1) is 5.92 Å². The van der Waals surface area contributed by atoms with Gasteiger partial charge in [0.1, 0.15) is 0 Å². The Balaban J connectivity index is 1.61. The van der Waals surface area contributed by atoms with Gasteiger partial charge in [-0.15, -0.1) is 0 Å². The normalized spacial score (nSPS) is 16.5. The zero-order chi connectivity index (χ0) is 13.1. The summed E-state index contributed by atoms with van der Waals surface area (Å²) in [4.78, 5) is 0. The van der Waals surface area contributed by atoms with Crippen LogP contribution in [0.5, 0.6) is 0 Å². The molecular formula is C16H20N2S. The first kappa shape index (κ1) is 12.9. The molecule has 2 nitrogen and oxygen atoms in total. The maximum atomic E-state index is 5.78. The van der Waals surface area contributed by atoms with Crippen molar-refractivity contribution in [2.75, 3.05) is 0 Å². The largest absolute Gasteiger partial charge is 0.271 e. The predicted molar refractivity (Wildman–Crippen MR) is 81.1 cm³/mol. The molecule has 0 bridgehead atoms. The van der Waals surface area contributed by atoms with Gasteiger partial charge in [0.15, 0.2) is 0 Å². The summed E-state index contributed by atoms with van der Waals surface area (Å²) in [6.45, 7) is 0. The lowest BCUT2D eigenvalue weighted by atomic mass is 9.92. The molecule has 19 heavy (non-hydrogen) atoms. The van der Waals surface area contributed by atoms with Crippen LogP contribution in [-0.2, 0) is 19.3 Å². The first-order valence-corrected chi connectivity index (χ1v) is 7.85. The molecule has 1 aromatic carbocycles. The minimum Gasteiger partial charge on any atom is -0.271 e. The molecule has 1 heterocycles. The van der Waals surface area contributed by atoms with Crippen molar-refractivity contribution in [1.82, 2.24) is 5.43 Å². The summed E-state index contributed by atoms with van der Waals surface area (Å²) in [5, 5.41) is 4.38. The predicted octanol–water partition coefficient (Wildman–Crippen LogP) is 2.93. The number of thiophene rings is 1. The number of benzene rings is 1. The molecule has 100 valence electrons. The highest BCUT2D eigenvalue weighted by molar-refractivity contribution is 7.07. The van der Waals surface area contributed by atoms with Crippen molar-refractivity contribution in [2.45, 2.75) is 31.7 Å². The van der Waals surface area contributed by atoms with E-state index in [0.29, 0.717) is 12.0 Å². The Kier molecular flexibility index (Phi) is 3.97. The van der Waals surface area contributed by atoms with E-state index in [0.717, 1.165) is 25.7 Å². The van der Waals surface area contributed by atoms with Gasteiger partial charge in [0, 0.05) is 6.04 Å². The first-order valence-electron chi connectivity index (χ1n) is 6.91. The SMILES string of the molecule is NNC(CCc1ccsc1)C1Cc2ccccc2C1. The third-order valence-corrected chi connectivity index (χ3v) is 4.92. The summed E-state index contributed by atoms with van der Waals surface area (Å²) in [6, 6.07) is 11.4. The van der Waals surface area contributed by atoms with Crippen molar-refractivity contribution in [2.24, 2.45) is 11.8 Å². The maximum absolute atomic E-state index is 5.78. The molecule has 0 spiro atoms. The molecule has 3 rings (SSSR count). The van der Waals surface area contributed by atoms with Gasteiger partial charge in [-0.2, -0.15) is 11.3 Å². The zero-order valence-electron chi connectivity index (χ0n) is 11.0. The summed E-state index contributed by atoms with van der Waals surface area (Å²) < 4.78 is 0. The van der Waals surface area contributed by atoms with Gasteiger partial charge in [-0.25, -0.2) is 0 Å². The van der Waals surface area contributed by atoms with E-state index in [1.807, 2.05) is 0 Å². The minimum atomic E-state index is 0.410. The second kappa shape index (κ2) is 5.87. The Morgan fingerprint density at radius 1 is 1.21 bits per heavy atom. The van der Waals surface area contributed by atoms with E-state index >= 15 is 0 Å². The number of hydrazine groups is 1. The van der Waals surface area contributed by atoms with Crippen LogP contribution in [0.2, 0.25) is 0 Å². The number of aryl methyl sites for hydroxylation is 1. The molecule has 1 aromatic heterocycles. The van der Waals surface area contributed by atoms with Crippen molar-refractivity contribution in [3.63, 3.8) is 0 Å². The highest BCUT2D eigenvalue weighted by Crippen LogP contribution is 2.30. The molecule has 0 fully saturated rings. The van der Waals surface area contributed by atoms with Crippen LogP contribution in [0.25, 0.3) is 0 Å². The molecule has 0 aliphatic heterocycles. The molecule has 0 saturated carbocycles. The molecule has 3 heteroatoms. The summed E-state index contributed by atoms with van der Waals surface area (Å²) in [7, 11) is 0. The Labute approximate surface area is 118 Å². The zero-order valence-corrected chi connectivity index (χ0v) is 11.8. The summed E-state index contributed by atoms with van der Waals surface area (Å²) in [6.07, 6.45) is 4.56. The number of nitrogens with two attached hydrogens (primary N) is 1. The lowest BCUT2D eigenvalue weighted by Crippen LogP contribution is -2.41. The van der Waals surface area contributed by atoms with Crippen LogP contribution in [0.3, 0.4) is 0 Å². The average Bonchev–Trinajstić information content (AvgIpc) is 3.08. The van der Waals surface area contributed by atoms with Crippen molar-refractivity contribution in [3.05, 3.63) is 57.8 Å². The van der Waals surface area contributed by atoms with Crippen LogP contribution in [0.1, 0.15) is 23.1 Å². The van der Waals surface area contributed by atoms with Crippen molar-refractivity contribution < 1.29 is 0 Å². The molecule has 0 radical (unpaired) electrons. The minimum absolute atomic E-state index is 0.410. The molecule has 2 aromatic rings. The monoisotopic (exact) mass is 272 g/mol. The van der Waals surface area contributed by atoms with Gasteiger partial charge in [0.25, 0.3) is 0 Å². The van der Waals surface area contributed by atoms with Crippen LogP contribution in [0.4, 0.5) is 0 Å². The second-order valence-corrected chi connectivity index (χ2v) is 6.16. The Bertz CT molecular complexity index is 496. The fourth-order valence-electron chi connectivity index (χ4n) is 3.09. The molecule has 0 saturated heterocycles. The lowest BCUT2D eigenvalue weighted by Gasteiger charge is -2.22. The van der Waals surface area contributed by atoms with Gasteiger partial charge in [-0.3, -0.25) is 11.3 Å². The third kappa shape index (κ3) is 2.89. The molecular weight excluding hydrogens is 252 g/mol. The number of rotatable bonds is 5. The molecule has 0 amide bonds.